The summed E-state index contributed by atoms with van der Waals surface area (Å²) in [5.41, 5.74) is 4.35. The lowest BCUT2D eigenvalue weighted by Crippen LogP contribution is -2.24. The van der Waals surface area contributed by atoms with E-state index in [1.165, 1.54) is 19.3 Å². The van der Waals surface area contributed by atoms with Crippen LogP contribution in [0.2, 0.25) is 0 Å². The lowest BCUT2D eigenvalue weighted by molar-refractivity contribution is 0.546. The minimum absolute atomic E-state index is 0.0350. The molecule has 6 nitrogen and oxygen atoms in total. The average molecular weight is 426 g/mol. The van der Waals surface area contributed by atoms with Crippen LogP contribution in [0.4, 0.5) is 0 Å². The first-order chi connectivity index (χ1) is 15.7. The molecule has 6 heteroatoms. The average Bonchev–Trinajstić information content (AvgIpc) is 3.12. The van der Waals surface area contributed by atoms with Crippen molar-refractivity contribution < 1.29 is 0 Å². The van der Waals surface area contributed by atoms with Crippen molar-refractivity contribution in [1.82, 2.24) is 24.1 Å². The van der Waals surface area contributed by atoms with Crippen LogP contribution < -0.4 is 5.56 Å². The van der Waals surface area contributed by atoms with E-state index in [4.69, 9.17) is 15.0 Å². The highest BCUT2D eigenvalue weighted by Gasteiger charge is 2.21. The molecule has 0 unspecified atom stereocenters. The molecule has 0 fully saturated rings. The van der Waals surface area contributed by atoms with Crippen LogP contribution in [0.25, 0.3) is 38.9 Å². The molecule has 32 heavy (non-hydrogen) atoms. The van der Waals surface area contributed by atoms with Crippen LogP contribution >= 0.6 is 0 Å². The Bertz CT molecular complexity index is 1470. The molecule has 3 heterocycles. The molecule has 2 aromatic carbocycles. The number of hydrogen-bond donors (Lipinski definition) is 0. The van der Waals surface area contributed by atoms with Crippen LogP contribution in [-0.2, 0) is 6.54 Å². The quantitative estimate of drug-likeness (QED) is 0.320. The zero-order valence-electron chi connectivity index (χ0n) is 18.6. The van der Waals surface area contributed by atoms with Gasteiger partial charge in [-0.2, -0.15) is 0 Å². The first kappa shape index (κ1) is 20.4. The molecule has 5 rings (SSSR count). The van der Waals surface area contributed by atoms with Crippen molar-refractivity contribution in [3.63, 3.8) is 0 Å². The van der Waals surface area contributed by atoms with Gasteiger partial charge in [-0.1, -0.05) is 62.9 Å². The van der Waals surface area contributed by atoms with Crippen molar-refractivity contribution in [3.8, 4) is 5.69 Å². The van der Waals surface area contributed by atoms with Gasteiger partial charge in [-0.25, -0.2) is 15.0 Å². The minimum atomic E-state index is -0.0350. The standard InChI is InChI=1S/C26H27N5O/c1-3-4-5-6-12-17-30-18(2)27-24-22(26(30)32)23-25(31(24)19-13-8-7-9-14-19)29-21-16-11-10-15-20(21)28-23/h7-11,13-16H,3-6,12,17H2,1-2H3. The third-order valence-corrected chi connectivity index (χ3v) is 6.05. The summed E-state index contributed by atoms with van der Waals surface area (Å²) in [7, 11) is 0. The summed E-state index contributed by atoms with van der Waals surface area (Å²) < 4.78 is 3.77. The van der Waals surface area contributed by atoms with Crippen molar-refractivity contribution >= 4 is 33.2 Å². The Morgan fingerprint density at radius 1 is 0.781 bits per heavy atom. The number of aromatic nitrogens is 5. The number of aryl methyl sites for hydroxylation is 1. The molecule has 0 N–H and O–H groups in total. The first-order valence-electron chi connectivity index (χ1n) is 11.4. The van der Waals surface area contributed by atoms with Gasteiger partial charge in [-0.15, -0.1) is 0 Å². The lowest BCUT2D eigenvalue weighted by Gasteiger charge is -2.11. The second-order valence-electron chi connectivity index (χ2n) is 8.28. The zero-order valence-corrected chi connectivity index (χ0v) is 18.6. The SMILES string of the molecule is CCCCCCCn1c(C)nc2c(c1=O)c1nc3ccccc3nc1n2-c1ccccc1. The van der Waals surface area contributed by atoms with Gasteiger partial charge in [0.05, 0.1) is 11.0 Å². The van der Waals surface area contributed by atoms with E-state index in [1.807, 2.05) is 66.1 Å². The number of unbranched alkanes of at least 4 members (excludes halogenated alkanes) is 4. The van der Waals surface area contributed by atoms with Crippen LogP contribution in [0.3, 0.4) is 0 Å². The van der Waals surface area contributed by atoms with Crippen molar-refractivity contribution in [2.45, 2.75) is 52.5 Å². The van der Waals surface area contributed by atoms with E-state index in [-0.39, 0.29) is 5.56 Å². The van der Waals surface area contributed by atoms with Crippen LogP contribution in [0.5, 0.6) is 0 Å². The molecule has 0 aliphatic heterocycles. The molecular formula is C26H27N5O. The molecule has 3 aromatic heterocycles. The van der Waals surface area contributed by atoms with E-state index in [9.17, 15) is 4.79 Å². The van der Waals surface area contributed by atoms with Gasteiger partial charge in [0, 0.05) is 12.2 Å². The van der Waals surface area contributed by atoms with Gasteiger partial charge < -0.3 is 0 Å². The third kappa shape index (κ3) is 3.45. The number of para-hydroxylation sites is 3. The summed E-state index contributed by atoms with van der Waals surface area (Å²) in [6.45, 7) is 4.80. The summed E-state index contributed by atoms with van der Waals surface area (Å²) in [6, 6.07) is 17.7. The van der Waals surface area contributed by atoms with Gasteiger partial charge in [-0.3, -0.25) is 13.9 Å². The Morgan fingerprint density at radius 3 is 2.22 bits per heavy atom. The normalized spacial score (nSPS) is 11.7. The summed E-state index contributed by atoms with van der Waals surface area (Å²) in [4.78, 5) is 28.4. The molecule has 0 aliphatic carbocycles. The predicted octanol–water partition coefficient (Wildman–Crippen LogP) is 5.56. The first-order valence-corrected chi connectivity index (χ1v) is 11.4. The molecule has 0 saturated heterocycles. The van der Waals surface area contributed by atoms with E-state index in [1.54, 1.807) is 4.57 Å². The largest absolute Gasteiger partial charge is 0.296 e. The summed E-state index contributed by atoms with van der Waals surface area (Å²) in [5, 5.41) is 0.543. The third-order valence-electron chi connectivity index (χ3n) is 6.05. The fraction of sp³-hybridized carbons (Fsp3) is 0.308. The van der Waals surface area contributed by atoms with Crippen LogP contribution in [0.1, 0.15) is 44.9 Å². The van der Waals surface area contributed by atoms with E-state index in [2.05, 4.69) is 6.92 Å². The van der Waals surface area contributed by atoms with E-state index < -0.39 is 0 Å². The molecule has 0 bridgehead atoms. The number of rotatable bonds is 7. The highest BCUT2D eigenvalue weighted by Crippen LogP contribution is 2.28. The molecular weight excluding hydrogens is 398 g/mol. The van der Waals surface area contributed by atoms with E-state index in [0.717, 1.165) is 35.4 Å². The minimum Gasteiger partial charge on any atom is -0.296 e. The van der Waals surface area contributed by atoms with E-state index in [0.29, 0.717) is 28.7 Å². The molecule has 0 spiro atoms. The van der Waals surface area contributed by atoms with Crippen molar-refractivity contribution in [3.05, 3.63) is 70.8 Å². The maximum absolute atomic E-state index is 13.7. The van der Waals surface area contributed by atoms with E-state index >= 15 is 0 Å². The van der Waals surface area contributed by atoms with Crippen LogP contribution in [-0.4, -0.2) is 24.1 Å². The number of nitrogens with zero attached hydrogens (tertiary/aromatic N) is 5. The molecule has 0 radical (unpaired) electrons. The molecule has 0 atom stereocenters. The number of benzene rings is 2. The Kier molecular flexibility index (Phi) is 5.43. The molecule has 0 saturated carbocycles. The van der Waals surface area contributed by atoms with Crippen molar-refractivity contribution in [1.29, 1.82) is 0 Å². The Morgan fingerprint density at radius 2 is 1.47 bits per heavy atom. The lowest BCUT2D eigenvalue weighted by atomic mass is 10.1. The second kappa shape index (κ2) is 8.54. The van der Waals surface area contributed by atoms with Gasteiger partial charge in [-0.05, 0) is 37.6 Å². The monoisotopic (exact) mass is 425 g/mol. The Hall–Kier alpha value is -3.54. The fourth-order valence-electron chi connectivity index (χ4n) is 4.39. The van der Waals surface area contributed by atoms with Gasteiger partial charge in [0.1, 0.15) is 16.7 Å². The van der Waals surface area contributed by atoms with Gasteiger partial charge in [0.2, 0.25) is 0 Å². The highest BCUT2D eigenvalue weighted by atomic mass is 16.1. The zero-order chi connectivity index (χ0) is 22.1. The second-order valence-corrected chi connectivity index (χ2v) is 8.28. The maximum atomic E-state index is 13.7. The van der Waals surface area contributed by atoms with Crippen LogP contribution in [0, 0.1) is 6.92 Å². The van der Waals surface area contributed by atoms with Gasteiger partial charge >= 0.3 is 0 Å². The van der Waals surface area contributed by atoms with Crippen molar-refractivity contribution in [2.24, 2.45) is 0 Å². The molecule has 0 amide bonds. The summed E-state index contributed by atoms with van der Waals surface area (Å²) >= 11 is 0. The topological polar surface area (TPSA) is 65.6 Å². The fourth-order valence-corrected chi connectivity index (χ4v) is 4.39. The smallest absolute Gasteiger partial charge is 0.265 e. The summed E-state index contributed by atoms with van der Waals surface area (Å²) in [6.07, 6.45) is 5.73. The number of fused-ring (bicyclic) bond motifs is 4. The molecule has 162 valence electrons. The van der Waals surface area contributed by atoms with Crippen LogP contribution in [0.15, 0.2) is 59.4 Å². The molecule has 5 aromatic rings. The maximum Gasteiger partial charge on any atom is 0.265 e. The van der Waals surface area contributed by atoms with Gasteiger partial charge in [0.15, 0.2) is 11.3 Å². The summed E-state index contributed by atoms with van der Waals surface area (Å²) in [5.74, 6) is 0.725. The molecule has 0 aliphatic rings. The predicted molar refractivity (Wildman–Crippen MR) is 129 cm³/mol. The Labute approximate surface area is 186 Å². The number of hydrogen-bond acceptors (Lipinski definition) is 4. The van der Waals surface area contributed by atoms with Crippen molar-refractivity contribution in [2.75, 3.05) is 0 Å². The highest BCUT2D eigenvalue weighted by molar-refractivity contribution is 6.05. The van der Waals surface area contributed by atoms with Gasteiger partial charge in [0.25, 0.3) is 5.56 Å². The Balaban J connectivity index is 1.76.